The number of esters is 2. The Hall–Kier alpha value is -3.94. The molecule has 0 amide bonds. The van der Waals surface area contributed by atoms with Crippen molar-refractivity contribution in [1.82, 2.24) is 5.32 Å². The first-order valence-electron chi connectivity index (χ1n) is 10.1. The van der Waals surface area contributed by atoms with Crippen LogP contribution >= 0.6 is 0 Å². The predicted molar refractivity (Wildman–Crippen MR) is 116 cm³/mol. The van der Waals surface area contributed by atoms with E-state index in [9.17, 15) is 9.59 Å². The van der Waals surface area contributed by atoms with E-state index in [1.54, 1.807) is 18.7 Å². The molecule has 4 N–H and O–H groups in total. The van der Waals surface area contributed by atoms with E-state index in [4.69, 9.17) is 15.2 Å². The SMILES string of the molecule is CCOC(=O)C1=C2NC(c3ccccc3)C(C(=O)OCC)=C(N)N2c2ccccc2N1. The van der Waals surface area contributed by atoms with Gasteiger partial charge in [-0.2, -0.15) is 0 Å². The standard InChI is InChI=1S/C23H24N4O4/c1-3-30-22(28)17-18(14-10-6-5-7-11-14)26-21-19(23(29)31-4-2)25-15-12-8-9-13-16(15)27(21)20(17)24/h5-13,18,25-26H,3-4,24H2,1-2H3. The molecule has 2 aromatic carbocycles. The number of carbonyl (C=O) groups excluding carboxylic acids is 2. The number of carbonyl (C=O) groups is 2. The fourth-order valence-electron chi connectivity index (χ4n) is 3.74. The van der Waals surface area contributed by atoms with Gasteiger partial charge in [-0.3, -0.25) is 4.90 Å². The van der Waals surface area contributed by atoms with Crippen molar-refractivity contribution in [2.75, 3.05) is 23.4 Å². The molecule has 2 aliphatic heterocycles. The number of anilines is 2. The van der Waals surface area contributed by atoms with Crippen molar-refractivity contribution in [3.05, 3.63) is 83.1 Å². The maximum Gasteiger partial charge on any atom is 0.358 e. The first kappa shape index (κ1) is 20.3. The number of para-hydroxylation sites is 2. The van der Waals surface area contributed by atoms with Crippen molar-refractivity contribution in [2.45, 2.75) is 19.9 Å². The minimum absolute atomic E-state index is 0.191. The minimum atomic E-state index is -0.608. The Bertz CT molecular complexity index is 1080. The Morgan fingerprint density at radius 2 is 1.61 bits per heavy atom. The molecule has 2 heterocycles. The van der Waals surface area contributed by atoms with Gasteiger partial charge >= 0.3 is 11.9 Å². The highest BCUT2D eigenvalue weighted by Crippen LogP contribution is 2.42. The number of ether oxygens (including phenoxy) is 2. The van der Waals surface area contributed by atoms with Crippen molar-refractivity contribution in [1.29, 1.82) is 0 Å². The van der Waals surface area contributed by atoms with Gasteiger partial charge in [-0.15, -0.1) is 0 Å². The number of nitrogens with one attached hydrogen (secondary N) is 2. The highest BCUT2D eigenvalue weighted by molar-refractivity contribution is 6.00. The molecule has 0 saturated heterocycles. The van der Waals surface area contributed by atoms with Crippen LogP contribution in [-0.4, -0.2) is 25.2 Å². The summed E-state index contributed by atoms with van der Waals surface area (Å²) in [5, 5.41) is 6.47. The molecule has 0 aromatic heterocycles. The van der Waals surface area contributed by atoms with E-state index >= 15 is 0 Å². The summed E-state index contributed by atoms with van der Waals surface area (Å²) in [4.78, 5) is 27.4. The van der Waals surface area contributed by atoms with E-state index in [1.807, 2.05) is 54.6 Å². The molecular formula is C23H24N4O4. The van der Waals surface area contributed by atoms with E-state index in [-0.39, 0.29) is 30.3 Å². The first-order valence-corrected chi connectivity index (χ1v) is 10.1. The maximum atomic E-state index is 12.9. The van der Waals surface area contributed by atoms with E-state index in [0.29, 0.717) is 17.2 Å². The third kappa shape index (κ3) is 3.56. The number of nitrogens with two attached hydrogens (primary N) is 1. The van der Waals surface area contributed by atoms with Crippen LogP contribution in [0.2, 0.25) is 0 Å². The van der Waals surface area contributed by atoms with Crippen LogP contribution in [0.4, 0.5) is 11.4 Å². The van der Waals surface area contributed by atoms with Crippen molar-refractivity contribution >= 4 is 23.3 Å². The van der Waals surface area contributed by atoms with Gasteiger partial charge in [0.2, 0.25) is 0 Å². The largest absolute Gasteiger partial charge is 0.462 e. The van der Waals surface area contributed by atoms with Crippen LogP contribution in [0.5, 0.6) is 0 Å². The molecule has 0 bridgehead atoms. The third-order valence-electron chi connectivity index (χ3n) is 5.06. The van der Waals surface area contributed by atoms with Crippen LogP contribution in [0.1, 0.15) is 25.5 Å². The lowest BCUT2D eigenvalue weighted by Crippen LogP contribution is -2.49. The number of hydrogen-bond donors (Lipinski definition) is 3. The molecule has 2 aromatic rings. The second kappa shape index (κ2) is 8.43. The Morgan fingerprint density at radius 1 is 0.968 bits per heavy atom. The zero-order valence-electron chi connectivity index (χ0n) is 17.3. The molecule has 0 fully saturated rings. The van der Waals surface area contributed by atoms with Gasteiger partial charge in [0.15, 0.2) is 5.70 Å². The Kier molecular flexibility index (Phi) is 5.53. The van der Waals surface area contributed by atoms with Crippen LogP contribution in [0.15, 0.2) is 77.5 Å². The normalized spacial score (nSPS) is 17.2. The summed E-state index contributed by atoms with van der Waals surface area (Å²) < 4.78 is 10.6. The fraction of sp³-hybridized carbons (Fsp3) is 0.217. The molecule has 0 aliphatic carbocycles. The molecule has 1 atom stereocenters. The molecule has 1 unspecified atom stereocenters. The number of rotatable bonds is 5. The van der Waals surface area contributed by atoms with Gasteiger partial charge in [0, 0.05) is 0 Å². The lowest BCUT2D eigenvalue weighted by atomic mass is 9.95. The predicted octanol–water partition coefficient (Wildman–Crippen LogP) is 2.73. The topological polar surface area (TPSA) is 106 Å². The maximum absolute atomic E-state index is 12.9. The molecule has 8 heteroatoms. The van der Waals surface area contributed by atoms with Gasteiger partial charge in [-0.1, -0.05) is 42.5 Å². The molecule has 0 spiro atoms. The number of fused-ring (bicyclic) bond motifs is 3. The Morgan fingerprint density at radius 3 is 2.32 bits per heavy atom. The van der Waals surface area contributed by atoms with Crippen LogP contribution < -0.4 is 21.3 Å². The van der Waals surface area contributed by atoms with Gasteiger partial charge in [-0.25, -0.2) is 9.59 Å². The zero-order valence-corrected chi connectivity index (χ0v) is 17.3. The van der Waals surface area contributed by atoms with E-state index in [0.717, 1.165) is 5.56 Å². The monoisotopic (exact) mass is 420 g/mol. The molecule has 160 valence electrons. The minimum Gasteiger partial charge on any atom is -0.462 e. The van der Waals surface area contributed by atoms with Crippen LogP contribution in [0, 0.1) is 0 Å². The van der Waals surface area contributed by atoms with Crippen LogP contribution in [0.25, 0.3) is 0 Å². The van der Waals surface area contributed by atoms with Gasteiger partial charge in [-0.05, 0) is 31.5 Å². The van der Waals surface area contributed by atoms with E-state index < -0.39 is 18.0 Å². The molecule has 4 rings (SSSR count). The van der Waals surface area contributed by atoms with Gasteiger partial charge < -0.3 is 25.8 Å². The van der Waals surface area contributed by atoms with Crippen molar-refractivity contribution in [2.24, 2.45) is 5.73 Å². The van der Waals surface area contributed by atoms with E-state index in [1.165, 1.54) is 0 Å². The molecule has 0 saturated carbocycles. The van der Waals surface area contributed by atoms with Gasteiger partial charge in [0.25, 0.3) is 0 Å². The fourth-order valence-corrected chi connectivity index (χ4v) is 3.74. The molecule has 31 heavy (non-hydrogen) atoms. The van der Waals surface area contributed by atoms with Crippen LogP contribution in [-0.2, 0) is 19.1 Å². The molecule has 0 radical (unpaired) electrons. The summed E-state index contributed by atoms with van der Waals surface area (Å²) in [6.45, 7) is 3.92. The second-order valence-electron chi connectivity index (χ2n) is 6.93. The summed E-state index contributed by atoms with van der Waals surface area (Å²) >= 11 is 0. The average molecular weight is 420 g/mol. The Balaban J connectivity index is 1.95. The smallest absolute Gasteiger partial charge is 0.358 e. The van der Waals surface area contributed by atoms with Crippen molar-refractivity contribution in [3.63, 3.8) is 0 Å². The summed E-state index contributed by atoms with van der Waals surface area (Å²) in [5.41, 5.74) is 9.26. The lowest BCUT2D eigenvalue weighted by Gasteiger charge is -2.42. The first-order chi connectivity index (χ1) is 15.1. The molecule has 2 aliphatic rings. The zero-order chi connectivity index (χ0) is 22.0. The molecular weight excluding hydrogens is 396 g/mol. The van der Waals surface area contributed by atoms with Gasteiger partial charge in [0.05, 0.1) is 30.6 Å². The third-order valence-corrected chi connectivity index (χ3v) is 5.06. The average Bonchev–Trinajstić information content (AvgIpc) is 2.79. The van der Waals surface area contributed by atoms with Crippen LogP contribution in [0.3, 0.4) is 0 Å². The molecule has 8 nitrogen and oxygen atoms in total. The number of benzene rings is 2. The highest BCUT2D eigenvalue weighted by atomic mass is 16.5. The summed E-state index contributed by atoms with van der Waals surface area (Å²) in [6.07, 6.45) is 0. The van der Waals surface area contributed by atoms with Crippen molar-refractivity contribution in [3.8, 4) is 0 Å². The summed E-state index contributed by atoms with van der Waals surface area (Å²) in [6, 6.07) is 16.2. The number of nitrogens with zero attached hydrogens (tertiary/aromatic N) is 1. The van der Waals surface area contributed by atoms with E-state index in [2.05, 4.69) is 10.6 Å². The number of hydrogen-bond acceptors (Lipinski definition) is 8. The summed E-state index contributed by atoms with van der Waals surface area (Å²) in [5.74, 6) is -0.439. The lowest BCUT2D eigenvalue weighted by molar-refractivity contribution is -0.139. The summed E-state index contributed by atoms with van der Waals surface area (Å²) in [7, 11) is 0. The van der Waals surface area contributed by atoms with Gasteiger partial charge in [0.1, 0.15) is 17.2 Å². The second-order valence-corrected chi connectivity index (χ2v) is 6.93. The highest BCUT2D eigenvalue weighted by Gasteiger charge is 2.41. The Labute approximate surface area is 180 Å². The van der Waals surface area contributed by atoms with Crippen molar-refractivity contribution < 1.29 is 19.1 Å². The quantitative estimate of drug-likeness (QED) is 0.634.